The third-order valence-electron chi connectivity index (χ3n) is 2.84. The van der Waals surface area contributed by atoms with E-state index in [2.05, 4.69) is 19.1 Å². The van der Waals surface area contributed by atoms with Crippen LogP contribution in [0.4, 0.5) is 0 Å². The van der Waals surface area contributed by atoms with Crippen LogP contribution in [0.5, 0.6) is 5.75 Å². The molecule has 0 aromatic heterocycles. The molecule has 0 bridgehead atoms. The van der Waals surface area contributed by atoms with Crippen molar-refractivity contribution >= 4 is 0 Å². The molecule has 0 radical (unpaired) electrons. The zero-order chi connectivity index (χ0) is 12.1. The van der Waals surface area contributed by atoms with Crippen molar-refractivity contribution in [3.8, 4) is 5.75 Å². The zero-order valence-corrected chi connectivity index (χ0v) is 10.0. The van der Waals surface area contributed by atoms with Gasteiger partial charge in [-0.25, -0.2) is 0 Å². The Balaban J connectivity index is 2.10. The largest absolute Gasteiger partial charge is 0.489 e. The predicted octanol–water partition coefficient (Wildman–Crippen LogP) is 3.03. The van der Waals surface area contributed by atoms with Gasteiger partial charge in [0.15, 0.2) is 0 Å². The summed E-state index contributed by atoms with van der Waals surface area (Å²) in [7, 11) is 0. The van der Waals surface area contributed by atoms with Gasteiger partial charge in [-0.3, -0.25) is 0 Å². The van der Waals surface area contributed by atoms with Gasteiger partial charge in [0, 0.05) is 12.1 Å². The summed E-state index contributed by atoms with van der Waals surface area (Å²) >= 11 is 0. The average molecular weight is 227 g/mol. The summed E-state index contributed by atoms with van der Waals surface area (Å²) in [6, 6.07) is 16.1. The van der Waals surface area contributed by atoms with Crippen molar-refractivity contribution in [2.45, 2.75) is 20.1 Å². The topological polar surface area (TPSA) is 35.2 Å². The van der Waals surface area contributed by atoms with Crippen LogP contribution in [0.2, 0.25) is 0 Å². The van der Waals surface area contributed by atoms with E-state index in [4.69, 9.17) is 10.5 Å². The van der Waals surface area contributed by atoms with Crippen LogP contribution >= 0.6 is 0 Å². The quantitative estimate of drug-likeness (QED) is 0.871. The monoisotopic (exact) mass is 227 g/mol. The third kappa shape index (κ3) is 2.86. The van der Waals surface area contributed by atoms with Gasteiger partial charge in [0.25, 0.3) is 0 Å². The second-order valence-corrected chi connectivity index (χ2v) is 4.03. The zero-order valence-electron chi connectivity index (χ0n) is 10.0. The van der Waals surface area contributed by atoms with Gasteiger partial charge in [0.2, 0.25) is 0 Å². The molecule has 0 aliphatic carbocycles. The fraction of sp³-hybridized carbons (Fsp3) is 0.200. The smallest absolute Gasteiger partial charge is 0.124 e. The number of hydrogen-bond donors (Lipinski definition) is 1. The van der Waals surface area contributed by atoms with Crippen LogP contribution < -0.4 is 10.5 Å². The molecule has 0 aliphatic heterocycles. The van der Waals surface area contributed by atoms with Crippen LogP contribution in [0.25, 0.3) is 0 Å². The number of benzene rings is 2. The Morgan fingerprint density at radius 1 is 0.941 bits per heavy atom. The van der Waals surface area contributed by atoms with Crippen LogP contribution in [0.3, 0.4) is 0 Å². The van der Waals surface area contributed by atoms with Crippen LogP contribution in [0, 0.1) is 6.92 Å². The number of rotatable bonds is 4. The van der Waals surface area contributed by atoms with Crippen molar-refractivity contribution in [1.29, 1.82) is 0 Å². The van der Waals surface area contributed by atoms with Crippen molar-refractivity contribution in [3.63, 3.8) is 0 Å². The molecule has 2 nitrogen and oxygen atoms in total. The Morgan fingerprint density at radius 3 is 2.29 bits per heavy atom. The maximum atomic E-state index is 5.81. The number of hydrogen-bond acceptors (Lipinski definition) is 2. The second-order valence-electron chi connectivity index (χ2n) is 4.03. The highest BCUT2D eigenvalue weighted by molar-refractivity contribution is 5.34. The number of para-hydroxylation sites is 1. The van der Waals surface area contributed by atoms with Gasteiger partial charge >= 0.3 is 0 Å². The molecule has 2 N–H and O–H groups in total. The van der Waals surface area contributed by atoms with Crippen molar-refractivity contribution in [2.75, 3.05) is 0 Å². The Hall–Kier alpha value is -1.80. The minimum atomic E-state index is 0.504. The molecule has 0 amide bonds. The molecule has 0 saturated heterocycles. The first-order valence-electron chi connectivity index (χ1n) is 5.76. The maximum Gasteiger partial charge on any atom is 0.124 e. The molecule has 2 aromatic rings. The minimum Gasteiger partial charge on any atom is -0.489 e. The van der Waals surface area contributed by atoms with E-state index in [-0.39, 0.29) is 0 Å². The molecule has 0 fully saturated rings. The fourth-order valence-electron chi connectivity index (χ4n) is 1.74. The van der Waals surface area contributed by atoms with E-state index < -0.39 is 0 Å². The molecule has 0 atom stereocenters. The fourth-order valence-corrected chi connectivity index (χ4v) is 1.74. The normalized spacial score (nSPS) is 10.2. The Bertz CT molecular complexity index is 494. The molecule has 0 aliphatic rings. The summed E-state index contributed by atoms with van der Waals surface area (Å²) < 4.78 is 5.81. The number of nitrogens with two attached hydrogens (primary N) is 1. The van der Waals surface area contributed by atoms with Crippen molar-refractivity contribution in [3.05, 3.63) is 65.2 Å². The van der Waals surface area contributed by atoms with Crippen molar-refractivity contribution in [1.82, 2.24) is 0 Å². The molecular weight excluding hydrogens is 210 g/mol. The molecule has 2 rings (SSSR count). The highest BCUT2D eigenvalue weighted by Gasteiger charge is 2.02. The van der Waals surface area contributed by atoms with E-state index in [0.717, 1.165) is 11.3 Å². The van der Waals surface area contributed by atoms with Gasteiger partial charge in [-0.05, 0) is 24.1 Å². The van der Waals surface area contributed by atoms with E-state index in [1.54, 1.807) is 0 Å². The lowest BCUT2D eigenvalue weighted by Gasteiger charge is -2.11. The van der Waals surface area contributed by atoms with E-state index in [1.165, 1.54) is 11.1 Å². The first kappa shape index (κ1) is 11.7. The summed E-state index contributed by atoms with van der Waals surface area (Å²) in [5.41, 5.74) is 9.17. The number of ether oxygens (including phenoxy) is 1. The molecule has 17 heavy (non-hydrogen) atoms. The lowest BCUT2D eigenvalue weighted by Crippen LogP contribution is -2.03. The average Bonchev–Trinajstić information content (AvgIpc) is 2.38. The summed E-state index contributed by atoms with van der Waals surface area (Å²) in [5, 5.41) is 0. The van der Waals surface area contributed by atoms with Gasteiger partial charge in [0.1, 0.15) is 12.4 Å². The summed E-state index contributed by atoms with van der Waals surface area (Å²) in [6.07, 6.45) is 0. The minimum absolute atomic E-state index is 0.504. The lowest BCUT2D eigenvalue weighted by atomic mass is 10.1. The van der Waals surface area contributed by atoms with E-state index >= 15 is 0 Å². The molecule has 2 aromatic carbocycles. The van der Waals surface area contributed by atoms with Crippen molar-refractivity contribution < 1.29 is 4.74 Å². The standard InChI is InChI=1S/C15H17NO/c1-12-6-2-3-8-14(12)11-17-15-9-5-4-7-13(15)10-16/h2-9H,10-11,16H2,1H3. The maximum absolute atomic E-state index is 5.81. The van der Waals surface area contributed by atoms with Crippen LogP contribution in [0.15, 0.2) is 48.5 Å². The molecule has 88 valence electrons. The molecule has 0 spiro atoms. The lowest BCUT2D eigenvalue weighted by molar-refractivity contribution is 0.302. The Labute approximate surface area is 102 Å². The molecule has 0 heterocycles. The van der Waals surface area contributed by atoms with Gasteiger partial charge in [-0.1, -0.05) is 42.5 Å². The van der Waals surface area contributed by atoms with Gasteiger partial charge in [-0.2, -0.15) is 0 Å². The molecule has 0 saturated carbocycles. The molecule has 2 heteroatoms. The van der Waals surface area contributed by atoms with Gasteiger partial charge in [0.05, 0.1) is 0 Å². The van der Waals surface area contributed by atoms with Gasteiger partial charge in [-0.15, -0.1) is 0 Å². The number of aryl methyl sites for hydroxylation is 1. The summed E-state index contributed by atoms with van der Waals surface area (Å²) in [5.74, 6) is 0.873. The summed E-state index contributed by atoms with van der Waals surface area (Å²) in [6.45, 7) is 3.18. The Kier molecular flexibility index (Phi) is 3.78. The highest BCUT2D eigenvalue weighted by Crippen LogP contribution is 2.19. The second kappa shape index (κ2) is 5.51. The highest BCUT2D eigenvalue weighted by atomic mass is 16.5. The molecule has 0 unspecified atom stereocenters. The van der Waals surface area contributed by atoms with E-state index in [1.807, 2.05) is 36.4 Å². The molecular formula is C15H17NO. The van der Waals surface area contributed by atoms with E-state index in [0.29, 0.717) is 13.2 Å². The van der Waals surface area contributed by atoms with E-state index in [9.17, 15) is 0 Å². The summed E-state index contributed by atoms with van der Waals surface area (Å²) in [4.78, 5) is 0. The van der Waals surface area contributed by atoms with Gasteiger partial charge < -0.3 is 10.5 Å². The van der Waals surface area contributed by atoms with Crippen LogP contribution in [-0.4, -0.2) is 0 Å². The SMILES string of the molecule is Cc1ccccc1COc1ccccc1CN. The van der Waals surface area contributed by atoms with Crippen LogP contribution in [-0.2, 0) is 13.2 Å². The third-order valence-corrected chi connectivity index (χ3v) is 2.84. The first-order valence-corrected chi connectivity index (χ1v) is 5.76. The van der Waals surface area contributed by atoms with Crippen LogP contribution in [0.1, 0.15) is 16.7 Å². The predicted molar refractivity (Wildman–Crippen MR) is 69.8 cm³/mol. The first-order chi connectivity index (χ1) is 8.31. The van der Waals surface area contributed by atoms with Crippen molar-refractivity contribution in [2.24, 2.45) is 5.73 Å². The Morgan fingerprint density at radius 2 is 1.59 bits per heavy atom.